The second-order valence-electron chi connectivity index (χ2n) is 1.59. The van der Waals surface area contributed by atoms with E-state index in [0.29, 0.717) is 5.57 Å². The summed E-state index contributed by atoms with van der Waals surface area (Å²) in [4.78, 5) is 10.4. The van der Waals surface area contributed by atoms with Gasteiger partial charge in [0.2, 0.25) is 0 Å². The highest BCUT2D eigenvalue weighted by molar-refractivity contribution is 5.92. The van der Waals surface area contributed by atoms with Gasteiger partial charge in [0.15, 0.2) is 5.78 Å². The average molecular weight is 144 g/mol. The number of rotatable bonds is 2. The fraction of sp³-hybridized carbons (Fsp3) is 0.625. The third kappa shape index (κ3) is 7.21. The first-order chi connectivity index (χ1) is 4.68. The molecule has 60 valence electrons. The maximum absolute atomic E-state index is 10.4. The molecule has 0 atom stereocenters. The molecule has 0 saturated heterocycles. The smallest absolute Gasteiger partial charge is 0.158 e. The van der Waals surface area contributed by atoms with Gasteiger partial charge in [-0.3, -0.25) is 4.79 Å². The molecule has 0 aromatic carbocycles. The highest BCUT2D eigenvalue weighted by atomic mass is 16.5. The van der Waals surface area contributed by atoms with Crippen molar-refractivity contribution in [1.82, 2.24) is 0 Å². The SMILES string of the molecule is CC.CO/C=C(/C)C(C)=O. The molecule has 0 aliphatic carbocycles. The van der Waals surface area contributed by atoms with Crippen LogP contribution in [0.25, 0.3) is 0 Å². The number of methoxy groups -OCH3 is 1. The van der Waals surface area contributed by atoms with E-state index < -0.39 is 0 Å². The van der Waals surface area contributed by atoms with E-state index in [2.05, 4.69) is 4.74 Å². The Hall–Kier alpha value is -0.790. The van der Waals surface area contributed by atoms with Crippen molar-refractivity contribution in [3.8, 4) is 0 Å². The highest BCUT2D eigenvalue weighted by Gasteiger charge is 1.92. The summed E-state index contributed by atoms with van der Waals surface area (Å²) in [6.45, 7) is 7.22. The Morgan fingerprint density at radius 1 is 1.30 bits per heavy atom. The van der Waals surface area contributed by atoms with Gasteiger partial charge >= 0.3 is 0 Å². The van der Waals surface area contributed by atoms with Gasteiger partial charge in [0.05, 0.1) is 13.4 Å². The number of hydrogen-bond donors (Lipinski definition) is 0. The Balaban J connectivity index is 0. The Kier molecular flexibility index (Phi) is 9.80. The Morgan fingerprint density at radius 2 is 1.70 bits per heavy atom. The molecule has 0 N–H and O–H groups in total. The van der Waals surface area contributed by atoms with Crippen molar-refractivity contribution in [2.45, 2.75) is 27.7 Å². The Morgan fingerprint density at radius 3 is 1.80 bits per heavy atom. The van der Waals surface area contributed by atoms with Crippen LogP contribution in [0.2, 0.25) is 0 Å². The molecule has 10 heavy (non-hydrogen) atoms. The van der Waals surface area contributed by atoms with Crippen LogP contribution >= 0.6 is 0 Å². The maximum atomic E-state index is 10.4. The highest BCUT2D eigenvalue weighted by Crippen LogP contribution is 1.91. The van der Waals surface area contributed by atoms with Crippen molar-refractivity contribution in [2.75, 3.05) is 7.11 Å². The lowest BCUT2D eigenvalue weighted by Gasteiger charge is -1.90. The number of ether oxygens (including phenoxy) is 1. The summed E-state index contributed by atoms with van der Waals surface area (Å²) in [5, 5.41) is 0. The van der Waals surface area contributed by atoms with Crippen LogP contribution in [0, 0.1) is 0 Å². The van der Waals surface area contributed by atoms with Crippen LogP contribution in [0.3, 0.4) is 0 Å². The molecule has 0 spiro atoms. The summed E-state index contributed by atoms with van der Waals surface area (Å²) >= 11 is 0. The molecular weight excluding hydrogens is 128 g/mol. The van der Waals surface area contributed by atoms with E-state index >= 15 is 0 Å². The zero-order valence-electron chi connectivity index (χ0n) is 7.39. The zero-order valence-corrected chi connectivity index (χ0v) is 7.39. The van der Waals surface area contributed by atoms with Crippen molar-refractivity contribution in [3.63, 3.8) is 0 Å². The van der Waals surface area contributed by atoms with Crippen LogP contribution in [0.1, 0.15) is 27.7 Å². The van der Waals surface area contributed by atoms with Gasteiger partial charge in [0, 0.05) is 5.57 Å². The molecule has 0 amide bonds. The summed E-state index contributed by atoms with van der Waals surface area (Å²) in [5.41, 5.74) is 0.646. The van der Waals surface area contributed by atoms with E-state index in [4.69, 9.17) is 0 Å². The molecule has 0 rings (SSSR count). The van der Waals surface area contributed by atoms with Crippen LogP contribution in [-0.2, 0) is 9.53 Å². The second-order valence-corrected chi connectivity index (χ2v) is 1.59. The minimum atomic E-state index is 0.0480. The number of hydrogen-bond acceptors (Lipinski definition) is 2. The number of allylic oxidation sites excluding steroid dienone is 1. The molecule has 2 heteroatoms. The lowest BCUT2D eigenvalue weighted by molar-refractivity contribution is -0.113. The molecular formula is C8H16O2. The van der Waals surface area contributed by atoms with E-state index in [1.807, 2.05) is 13.8 Å². The summed E-state index contributed by atoms with van der Waals surface area (Å²) in [5.74, 6) is 0.0480. The Labute approximate surface area is 62.9 Å². The van der Waals surface area contributed by atoms with Gasteiger partial charge in [0.25, 0.3) is 0 Å². The van der Waals surface area contributed by atoms with Gasteiger partial charge in [0.1, 0.15) is 0 Å². The predicted molar refractivity (Wildman–Crippen MR) is 42.8 cm³/mol. The van der Waals surface area contributed by atoms with Crippen LogP contribution in [0.15, 0.2) is 11.8 Å². The van der Waals surface area contributed by atoms with Crippen molar-refractivity contribution in [1.29, 1.82) is 0 Å². The first-order valence-electron chi connectivity index (χ1n) is 3.39. The van der Waals surface area contributed by atoms with E-state index in [-0.39, 0.29) is 5.78 Å². The summed E-state index contributed by atoms with van der Waals surface area (Å²) < 4.78 is 4.58. The van der Waals surface area contributed by atoms with Gasteiger partial charge in [-0.25, -0.2) is 0 Å². The van der Waals surface area contributed by atoms with Crippen molar-refractivity contribution >= 4 is 5.78 Å². The van der Waals surface area contributed by atoms with E-state index in [1.54, 1.807) is 6.92 Å². The van der Waals surface area contributed by atoms with Crippen LogP contribution in [0.4, 0.5) is 0 Å². The van der Waals surface area contributed by atoms with Crippen LogP contribution < -0.4 is 0 Å². The Bertz CT molecular complexity index is 114. The molecule has 0 unspecified atom stereocenters. The fourth-order valence-electron chi connectivity index (χ4n) is 0.260. The molecule has 0 saturated carbocycles. The van der Waals surface area contributed by atoms with E-state index in [9.17, 15) is 4.79 Å². The average Bonchev–Trinajstić information content (AvgIpc) is 1.93. The molecule has 0 aliphatic rings. The number of carbonyl (C=O) groups is 1. The number of Topliss-reactive ketones (excluding diaryl/α,β-unsaturated/α-hetero) is 1. The minimum absolute atomic E-state index is 0.0480. The summed E-state index contributed by atoms with van der Waals surface area (Å²) in [6.07, 6.45) is 1.43. The maximum Gasteiger partial charge on any atom is 0.158 e. The lowest BCUT2D eigenvalue weighted by Crippen LogP contribution is -1.90. The quantitative estimate of drug-likeness (QED) is 0.438. The molecule has 0 aromatic heterocycles. The van der Waals surface area contributed by atoms with Gasteiger partial charge in [-0.05, 0) is 13.8 Å². The molecule has 0 radical (unpaired) electrons. The van der Waals surface area contributed by atoms with Gasteiger partial charge < -0.3 is 4.74 Å². The molecule has 0 heterocycles. The summed E-state index contributed by atoms with van der Waals surface area (Å²) in [6, 6.07) is 0. The van der Waals surface area contributed by atoms with Crippen LogP contribution in [0.5, 0.6) is 0 Å². The van der Waals surface area contributed by atoms with Gasteiger partial charge in [-0.2, -0.15) is 0 Å². The van der Waals surface area contributed by atoms with Gasteiger partial charge in [-0.15, -0.1) is 0 Å². The lowest BCUT2D eigenvalue weighted by atomic mass is 10.2. The molecule has 0 aromatic rings. The standard InChI is InChI=1S/C6H10O2.C2H6/c1-5(4-8-3)6(2)7;1-2/h4H,1-3H3;1-2H3/b5-4-;. The monoisotopic (exact) mass is 144 g/mol. The summed E-state index contributed by atoms with van der Waals surface area (Å²) in [7, 11) is 1.52. The number of ketones is 1. The number of carbonyl (C=O) groups excluding carboxylic acids is 1. The van der Waals surface area contributed by atoms with Crippen molar-refractivity contribution in [3.05, 3.63) is 11.8 Å². The van der Waals surface area contributed by atoms with E-state index in [1.165, 1.54) is 20.3 Å². The second kappa shape index (κ2) is 8.21. The molecule has 2 nitrogen and oxygen atoms in total. The van der Waals surface area contributed by atoms with Crippen LogP contribution in [-0.4, -0.2) is 12.9 Å². The first kappa shape index (κ1) is 11.9. The van der Waals surface area contributed by atoms with E-state index in [0.717, 1.165) is 0 Å². The largest absolute Gasteiger partial charge is 0.504 e. The normalized spacial score (nSPS) is 9.50. The molecule has 0 bridgehead atoms. The first-order valence-corrected chi connectivity index (χ1v) is 3.39. The predicted octanol–water partition coefficient (Wildman–Crippen LogP) is 2.15. The minimum Gasteiger partial charge on any atom is -0.504 e. The third-order valence-electron chi connectivity index (χ3n) is 0.850. The molecule has 0 fully saturated rings. The fourth-order valence-corrected chi connectivity index (χ4v) is 0.260. The third-order valence-corrected chi connectivity index (χ3v) is 0.850. The van der Waals surface area contributed by atoms with Crippen molar-refractivity contribution in [2.24, 2.45) is 0 Å². The molecule has 0 aliphatic heterocycles. The van der Waals surface area contributed by atoms with Crippen molar-refractivity contribution < 1.29 is 9.53 Å². The topological polar surface area (TPSA) is 26.3 Å². The zero-order chi connectivity index (χ0) is 8.57. The van der Waals surface area contributed by atoms with Gasteiger partial charge in [-0.1, -0.05) is 13.8 Å².